The minimum absolute atomic E-state index is 0.502. The maximum Gasteiger partial charge on any atom is 0.217 e. The molecule has 3 heteroatoms. The van der Waals surface area contributed by atoms with Crippen LogP contribution in [0.15, 0.2) is 54.6 Å². The van der Waals surface area contributed by atoms with Gasteiger partial charge in [0.25, 0.3) is 0 Å². The summed E-state index contributed by atoms with van der Waals surface area (Å²) in [5, 5.41) is 0. The van der Waals surface area contributed by atoms with Gasteiger partial charge >= 0.3 is 0 Å². The lowest BCUT2D eigenvalue weighted by molar-refractivity contribution is 0.306. The number of ether oxygens (including phenoxy) is 1. The molecule has 0 spiro atoms. The van der Waals surface area contributed by atoms with Gasteiger partial charge in [0.05, 0.1) is 6.04 Å². The summed E-state index contributed by atoms with van der Waals surface area (Å²) in [5.74, 6) is 0.802. The van der Waals surface area contributed by atoms with Crippen molar-refractivity contribution in [2.24, 2.45) is 5.73 Å². The fourth-order valence-corrected chi connectivity index (χ4v) is 1.76. The summed E-state index contributed by atoms with van der Waals surface area (Å²) in [6.45, 7) is 0.543. The molecule has 0 aliphatic rings. The Morgan fingerprint density at radius 3 is 2.32 bits per heavy atom. The summed E-state index contributed by atoms with van der Waals surface area (Å²) < 4.78 is 5.67. The number of nitrogens with two attached hydrogens (primary N) is 1. The lowest BCUT2D eigenvalue weighted by Gasteiger charge is -2.08. The highest BCUT2D eigenvalue weighted by atomic mass is 16.5. The molecular formula is C16H16NO2. The van der Waals surface area contributed by atoms with Gasteiger partial charge in [0, 0.05) is 0 Å². The zero-order valence-electron chi connectivity index (χ0n) is 10.6. The van der Waals surface area contributed by atoms with E-state index in [1.165, 1.54) is 0 Å². The van der Waals surface area contributed by atoms with E-state index < -0.39 is 6.04 Å². The van der Waals surface area contributed by atoms with E-state index in [9.17, 15) is 4.79 Å². The second-order valence-electron chi connectivity index (χ2n) is 4.35. The summed E-state index contributed by atoms with van der Waals surface area (Å²) in [6.07, 6.45) is 2.27. The Hall–Kier alpha value is -2.13. The first-order chi connectivity index (χ1) is 9.28. The maximum absolute atomic E-state index is 10.4. The van der Waals surface area contributed by atoms with E-state index >= 15 is 0 Å². The maximum atomic E-state index is 10.4. The summed E-state index contributed by atoms with van der Waals surface area (Å²) in [4.78, 5) is 10.4. The Labute approximate surface area is 113 Å². The minimum Gasteiger partial charge on any atom is -0.489 e. The molecule has 2 N–H and O–H groups in total. The van der Waals surface area contributed by atoms with Crippen LogP contribution < -0.4 is 10.5 Å². The molecule has 0 aliphatic heterocycles. The van der Waals surface area contributed by atoms with Crippen LogP contribution in [0.25, 0.3) is 0 Å². The molecule has 0 saturated carbocycles. The summed E-state index contributed by atoms with van der Waals surface area (Å²) in [6, 6.07) is 17.0. The molecule has 0 aliphatic carbocycles. The van der Waals surface area contributed by atoms with Gasteiger partial charge in [-0.1, -0.05) is 42.5 Å². The monoisotopic (exact) mass is 254 g/mol. The number of carbonyl (C=O) groups excluding carboxylic acids is 1. The van der Waals surface area contributed by atoms with E-state index in [0.717, 1.165) is 16.9 Å². The predicted molar refractivity (Wildman–Crippen MR) is 74.6 cm³/mol. The molecule has 1 atom stereocenters. The quantitative estimate of drug-likeness (QED) is 0.860. The molecule has 0 fully saturated rings. The molecule has 0 saturated heterocycles. The molecule has 0 heterocycles. The molecule has 0 amide bonds. The lowest BCUT2D eigenvalue weighted by Crippen LogP contribution is -2.23. The molecule has 97 valence electrons. The number of rotatable bonds is 6. The van der Waals surface area contributed by atoms with Crippen molar-refractivity contribution in [2.75, 3.05) is 0 Å². The highest BCUT2D eigenvalue weighted by Gasteiger charge is 2.03. The first kappa shape index (κ1) is 13.3. The molecule has 0 unspecified atom stereocenters. The fourth-order valence-electron chi connectivity index (χ4n) is 1.76. The van der Waals surface area contributed by atoms with Crippen molar-refractivity contribution < 1.29 is 9.53 Å². The molecular weight excluding hydrogens is 238 g/mol. The van der Waals surface area contributed by atoms with Gasteiger partial charge in [0.15, 0.2) is 0 Å². The van der Waals surface area contributed by atoms with Crippen LogP contribution in [0.2, 0.25) is 0 Å². The Bertz CT molecular complexity index is 508. The van der Waals surface area contributed by atoms with Crippen molar-refractivity contribution in [1.29, 1.82) is 0 Å². The molecule has 0 bridgehead atoms. The highest BCUT2D eigenvalue weighted by Crippen LogP contribution is 2.14. The zero-order chi connectivity index (χ0) is 13.5. The van der Waals surface area contributed by atoms with Gasteiger partial charge in [-0.25, -0.2) is 0 Å². The second kappa shape index (κ2) is 6.71. The van der Waals surface area contributed by atoms with Gasteiger partial charge in [-0.15, -0.1) is 0 Å². The molecule has 2 aromatic carbocycles. The van der Waals surface area contributed by atoms with Gasteiger partial charge in [0.2, 0.25) is 6.29 Å². The Morgan fingerprint density at radius 2 is 1.68 bits per heavy atom. The Morgan fingerprint density at radius 1 is 1.00 bits per heavy atom. The summed E-state index contributed by atoms with van der Waals surface area (Å²) in [7, 11) is 0. The van der Waals surface area contributed by atoms with Crippen LogP contribution in [-0.2, 0) is 17.8 Å². The average molecular weight is 254 g/mol. The predicted octanol–water partition coefficient (Wildman–Crippen LogP) is 2.25. The highest BCUT2D eigenvalue weighted by molar-refractivity contribution is 5.58. The second-order valence-corrected chi connectivity index (χ2v) is 4.35. The van der Waals surface area contributed by atoms with Crippen molar-refractivity contribution in [2.45, 2.75) is 19.1 Å². The first-order valence-electron chi connectivity index (χ1n) is 6.17. The van der Waals surface area contributed by atoms with Gasteiger partial charge in [0.1, 0.15) is 12.4 Å². The van der Waals surface area contributed by atoms with E-state index in [-0.39, 0.29) is 0 Å². The largest absolute Gasteiger partial charge is 0.489 e. The standard InChI is InChI=1S/C16H16NO2/c17-15(11-18)10-13-6-8-16(9-7-13)19-12-14-4-2-1-3-5-14/h1-9,15H,10,12,17H2/t15-/m1/s1. The van der Waals surface area contributed by atoms with Crippen LogP contribution in [0.4, 0.5) is 0 Å². The number of hydrogen-bond donors (Lipinski definition) is 1. The van der Waals surface area contributed by atoms with Crippen molar-refractivity contribution in [3.63, 3.8) is 0 Å². The Kier molecular flexibility index (Phi) is 4.70. The number of hydrogen-bond acceptors (Lipinski definition) is 3. The minimum atomic E-state index is -0.559. The van der Waals surface area contributed by atoms with Gasteiger partial charge in [-0.05, 0) is 29.7 Å². The van der Waals surface area contributed by atoms with Crippen molar-refractivity contribution in [1.82, 2.24) is 0 Å². The van der Waals surface area contributed by atoms with Gasteiger partial charge in [-0.2, -0.15) is 0 Å². The van der Waals surface area contributed by atoms with E-state index in [4.69, 9.17) is 10.5 Å². The SMILES string of the molecule is N[C@@H]([C]=O)Cc1ccc(OCc2ccccc2)cc1. The van der Waals surface area contributed by atoms with E-state index in [1.54, 1.807) is 6.29 Å². The third kappa shape index (κ3) is 4.23. The van der Waals surface area contributed by atoms with Crippen molar-refractivity contribution >= 4 is 6.29 Å². The van der Waals surface area contributed by atoms with Gasteiger partial charge in [-0.3, -0.25) is 4.79 Å². The molecule has 0 aromatic heterocycles. The summed E-state index contributed by atoms with van der Waals surface area (Å²) >= 11 is 0. The Balaban J connectivity index is 1.90. The van der Waals surface area contributed by atoms with Crippen LogP contribution in [0.3, 0.4) is 0 Å². The normalized spacial score (nSPS) is 11.8. The third-order valence-corrected chi connectivity index (χ3v) is 2.78. The van der Waals surface area contributed by atoms with Crippen molar-refractivity contribution in [3.8, 4) is 5.75 Å². The van der Waals surface area contributed by atoms with Crippen LogP contribution >= 0.6 is 0 Å². The van der Waals surface area contributed by atoms with Crippen molar-refractivity contribution in [3.05, 3.63) is 65.7 Å². The molecule has 3 nitrogen and oxygen atoms in total. The molecule has 2 rings (SSSR count). The van der Waals surface area contributed by atoms with Crippen LogP contribution in [0, 0.1) is 0 Å². The third-order valence-electron chi connectivity index (χ3n) is 2.78. The average Bonchev–Trinajstić information content (AvgIpc) is 2.47. The van der Waals surface area contributed by atoms with E-state index in [0.29, 0.717) is 13.0 Å². The number of benzene rings is 2. The smallest absolute Gasteiger partial charge is 0.217 e. The molecule has 1 radical (unpaired) electrons. The van der Waals surface area contributed by atoms with Gasteiger partial charge < -0.3 is 10.5 Å². The van der Waals surface area contributed by atoms with E-state index in [1.807, 2.05) is 54.6 Å². The summed E-state index contributed by atoms with van der Waals surface area (Å²) in [5.41, 5.74) is 7.65. The van der Waals surface area contributed by atoms with Crippen LogP contribution in [0.1, 0.15) is 11.1 Å². The lowest BCUT2D eigenvalue weighted by atomic mass is 10.1. The molecule has 2 aromatic rings. The first-order valence-corrected chi connectivity index (χ1v) is 6.17. The van der Waals surface area contributed by atoms with Crippen LogP contribution in [0.5, 0.6) is 5.75 Å². The molecule has 19 heavy (non-hydrogen) atoms. The topological polar surface area (TPSA) is 52.3 Å². The van der Waals surface area contributed by atoms with Crippen LogP contribution in [-0.4, -0.2) is 12.3 Å². The van der Waals surface area contributed by atoms with E-state index in [2.05, 4.69) is 0 Å². The fraction of sp³-hybridized carbons (Fsp3) is 0.188. The zero-order valence-corrected chi connectivity index (χ0v) is 10.6.